The first-order valence-electron chi connectivity index (χ1n) is 8.70. The van der Waals surface area contributed by atoms with Crippen molar-refractivity contribution in [3.63, 3.8) is 0 Å². The fraction of sp³-hybridized carbons (Fsp3) is 0.421. The van der Waals surface area contributed by atoms with Crippen LogP contribution in [0.5, 0.6) is 11.5 Å². The van der Waals surface area contributed by atoms with E-state index in [0.717, 1.165) is 44.2 Å². The van der Waals surface area contributed by atoms with Gasteiger partial charge in [0.2, 0.25) is 6.79 Å². The molecule has 130 valence electrons. The van der Waals surface area contributed by atoms with E-state index in [0.29, 0.717) is 24.4 Å². The van der Waals surface area contributed by atoms with E-state index in [-0.39, 0.29) is 5.91 Å². The predicted octanol–water partition coefficient (Wildman–Crippen LogP) is 2.21. The van der Waals surface area contributed by atoms with Crippen LogP contribution in [-0.4, -0.2) is 48.7 Å². The molecule has 0 saturated carbocycles. The summed E-state index contributed by atoms with van der Waals surface area (Å²) in [5, 5.41) is 0. The number of hydrogen-bond acceptors (Lipinski definition) is 5. The summed E-state index contributed by atoms with van der Waals surface area (Å²) in [6, 6.07) is 9.66. The summed E-state index contributed by atoms with van der Waals surface area (Å²) in [6.45, 7) is 4.92. The molecule has 6 nitrogen and oxygen atoms in total. The number of ether oxygens (including phenoxy) is 2. The minimum atomic E-state index is 0.0155. The van der Waals surface area contributed by atoms with Gasteiger partial charge in [-0.3, -0.25) is 9.69 Å². The highest BCUT2D eigenvalue weighted by atomic mass is 16.7. The van der Waals surface area contributed by atoms with Crippen molar-refractivity contribution in [2.45, 2.75) is 6.54 Å². The van der Waals surface area contributed by atoms with Gasteiger partial charge in [-0.25, -0.2) is 0 Å². The third-order valence-electron chi connectivity index (χ3n) is 5.42. The number of carbonyl (C=O) groups is 1. The Morgan fingerprint density at radius 2 is 1.84 bits per heavy atom. The van der Waals surface area contributed by atoms with Gasteiger partial charge < -0.3 is 18.8 Å². The molecule has 0 bridgehead atoms. The van der Waals surface area contributed by atoms with Crippen LogP contribution in [-0.2, 0) is 6.54 Å². The van der Waals surface area contributed by atoms with Crippen LogP contribution in [0.1, 0.15) is 16.1 Å². The molecule has 3 aliphatic rings. The van der Waals surface area contributed by atoms with E-state index in [2.05, 4.69) is 17.0 Å². The van der Waals surface area contributed by atoms with E-state index in [4.69, 9.17) is 13.9 Å². The number of amides is 1. The summed E-state index contributed by atoms with van der Waals surface area (Å²) in [4.78, 5) is 16.8. The molecule has 25 heavy (non-hydrogen) atoms. The molecule has 0 aliphatic carbocycles. The van der Waals surface area contributed by atoms with Gasteiger partial charge in [0.1, 0.15) is 0 Å². The molecule has 0 radical (unpaired) electrons. The van der Waals surface area contributed by atoms with Crippen LogP contribution in [0.15, 0.2) is 41.0 Å². The van der Waals surface area contributed by atoms with Crippen molar-refractivity contribution in [2.24, 2.45) is 11.8 Å². The van der Waals surface area contributed by atoms with Crippen LogP contribution < -0.4 is 9.47 Å². The molecule has 6 heteroatoms. The van der Waals surface area contributed by atoms with Gasteiger partial charge in [0.05, 0.1) is 6.26 Å². The molecule has 2 fully saturated rings. The van der Waals surface area contributed by atoms with Crippen molar-refractivity contribution >= 4 is 5.91 Å². The lowest BCUT2D eigenvalue weighted by molar-refractivity contribution is 0.0742. The number of likely N-dealkylation sites (tertiary alicyclic amines) is 2. The number of fused-ring (bicyclic) bond motifs is 2. The maximum Gasteiger partial charge on any atom is 0.289 e. The Bertz CT molecular complexity index is 775. The lowest BCUT2D eigenvalue weighted by atomic mass is 10.0. The molecule has 1 aromatic carbocycles. The quantitative estimate of drug-likeness (QED) is 0.857. The molecular weight excluding hydrogens is 320 g/mol. The van der Waals surface area contributed by atoms with Crippen molar-refractivity contribution in [1.29, 1.82) is 0 Å². The van der Waals surface area contributed by atoms with Gasteiger partial charge in [0.15, 0.2) is 17.3 Å². The highest BCUT2D eigenvalue weighted by Gasteiger charge is 2.42. The van der Waals surface area contributed by atoms with Crippen LogP contribution in [0.2, 0.25) is 0 Å². The van der Waals surface area contributed by atoms with Crippen molar-refractivity contribution < 1.29 is 18.7 Å². The molecule has 2 saturated heterocycles. The molecule has 2 atom stereocenters. The van der Waals surface area contributed by atoms with Gasteiger partial charge in [-0.15, -0.1) is 0 Å². The summed E-state index contributed by atoms with van der Waals surface area (Å²) >= 11 is 0. The van der Waals surface area contributed by atoms with Crippen molar-refractivity contribution in [1.82, 2.24) is 9.80 Å². The van der Waals surface area contributed by atoms with Crippen molar-refractivity contribution in [2.75, 3.05) is 33.0 Å². The number of nitrogens with zero attached hydrogens (tertiary/aromatic N) is 2. The average Bonchev–Trinajstić information content (AvgIpc) is 3.37. The maximum atomic E-state index is 12.4. The summed E-state index contributed by atoms with van der Waals surface area (Å²) in [6.07, 6.45) is 1.55. The van der Waals surface area contributed by atoms with Crippen molar-refractivity contribution in [3.8, 4) is 11.5 Å². The van der Waals surface area contributed by atoms with E-state index >= 15 is 0 Å². The number of furan rings is 1. The Morgan fingerprint density at radius 1 is 1.04 bits per heavy atom. The smallest absolute Gasteiger partial charge is 0.289 e. The Morgan fingerprint density at radius 3 is 2.60 bits per heavy atom. The molecule has 0 N–H and O–H groups in total. The third-order valence-corrected chi connectivity index (χ3v) is 5.42. The molecule has 1 amide bonds. The Balaban J connectivity index is 1.20. The normalized spacial score (nSPS) is 24.7. The van der Waals surface area contributed by atoms with Gasteiger partial charge in [-0.1, -0.05) is 6.07 Å². The zero-order valence-electron chi connectivity index (χ0n) is 13.9. The van der Waals surface area contributed by atoms with E-state index in [1.165, 1.54) is 5.56 Å². The number of rotatable bonds is 3. The van der Waals surface area contributed by atoms with Gasteiger partial charge >= 0.3 is 0 Å². The van der Waals surface area contributed by atoms with Crippen LogP contribution >= 0.6 is 0 Å². The average molecular weight is 340 g/mol. The molecule has 2 aromatic rings. The third kappa shape index (κ3) is 2.66. The van der Waals surface area contributed by atoms with E-state index in [1.807, 2.05) is 11.0 Å². The molecule has 0 spiro atoms. The maximum absolute atomic E-state index is 12.4. The van der Waals surface area contributed by atoms with Gasteiger partial charge in [-0.05, 0) is 41.7 Å². The fourth-order valence-electron chi connectivity index (χ4n) is 4.24. The minimum absolute atomic E-state index is 0.0155. The second kappa shape index (κ2) is 5.81. The predicted molar refractivity (Wildman–Crippen MR) is 89.4 cm³/mol. The zero-order chi connectivity index (χ0) is 16.8. The summed E-state index contributed by atoms with van der Waals surface area (Å²) < 4.78 is 16.1. The standard InChI is InChI=1S/C19H20N2O4/c22-19(17-2-1-5-23-17)21-10-14-8-20(9-15(14)11-21)7-13-3-4-16-18(6-13)25-12-24-16/h1-6,14-15H,7-12H2/t14-,15+. The lowest BCUT2D eigenvalue weighted by Crippen LogP contribution is -2.32. The molecule has 0 unspecified atom stereocenters. The van der Waals surface area contributed by atoms with Gasteiger partial charge in [0.25, 0.3) is 5.91 Å². The van der Waals surface area contributed by atoms with Crippen LogP contribution in [0.4, 0.5) is 0 Å². The first-order valence-corrected chi connectivity index (χ1v) is 8.70. The SMILES string of the molecule is O=C(c1ccco1)N1C[C@H]2CN(Cc3ccc4c(c3)OCO4)C[C@H]2C1. The highest BCUT2D eigenvalue weighted by molar-refractivity contribution is 5.91. The summed E-state index contributed by atoms with van der Waals surface area (Å²) in [7, 11) is 0. The van der Waals surface area contributed by atoms with E-state index < -0.39 is 0 Å². The van der Waals surface area contributed by atoms with Crippen molar-refractivity contribution in [3.05, 3.63) is 47.9 Å². The molecule has 3 aliphatic heterocycles. The first kappa shape index (κ1) is 14.8. The molecule has 5 rings (SSSR count). The largest absolute Gasteiger partial charge is 0.459 e. The monoisotopic (exact) mass is 340 g/mol. The number of carbonyl (C=O) groups excluding carboxylic acids is 1. The summed E-state index contributed by atoms with van der Waals surface area (Å²) in [5.74, 6) is 3.22. The van der Waals surface area contributed by atoms with Crippen LogP contribution in [0, 0.1) is 11.8 Å². The zero-order valence-corrected chi connectivity index (χ0v) is 13.9. The van der Waals surface area contributed by atoms with Crippen LogP contribution in [0.25, 0.3) is 0 Å². The minimum Gasteiger partial charge on any atom is -0.459 e. The molecule has 4 heterocycles. The number of hydrogen-bond donors (Lipinski definition) is 0. The molecular formula is C19H20N2O4. The fourth-order valence-corrected chi connectivity index (χ4v) is 4.24. The highest BCUT2D eigenvalue weighted by Crippen LogP contribution is 2.35. The topological polar surface area (TPSA) is 55.2 Å². The Kier molecular flexibility index (Phi) is 3.45. The lowest BCUT2D eigenvalue weighted by Gasteiger charge is -2.21. The van der Waals surface area contributed by atoms with Gasteiger partial charge in [-0.2, -0.15) is 0 Å². The van der Waals surface area contributed by atoms with Crippen LogP contribution in [0.3, 0.4) is 0 Å². The Hall–Kier alpha value is -2.47. The summed E-state index contributed by atoms with van der Waals surface area (Å²) in [5.41, 5.74) is 1.24. The number of benzene rings is 1. The van der Waals surface area contributed by atoms with E-state index in [1.54, 1.807) is 18.4 Å². The second-order valence-electron chi connectivity index (χ2n) is 7.09. The Labute approximate surface area is 145 Å². The van der Waals surface area contributed by atoms with E-state index in [9.17, 15) is 4.79 Å². The second-order valence-corrected chi connectivity index (χ2v) is 7.09. The first-order chi connectivity index (χ1) is 12.3. The molecule has 1 aromatic heterocycles. The van der Waals surface area contributed by atoms with Gasteiger partial charge in [0, 0.05) is 32.7 Å².